The van der Waals surface area contributed by atoms with Crippen LogP contribution in [0.3, 0.4) is 0 Å². The van der Waals surface area contributed by atoms with Gasteiger partial charge in [-0.3, -0.25) is 10.1 Å². The van der Waals surface area contributed by atoms with Gasteiger partial charge in [0.25, 0.3) is 5.69 Å². The second kappa shape index (κ2) is 7.21. The predicted molar refractivity (Wildman–Crippen MR) is 85.0 cm³/mol. The lowest BCUT2D eigenvalue weighted by molar-refractivity contribution is -0.383. The molecule has 2 N–H and O–H groups in total. The largest absolute Gasteiger partial charge is 0.338 e. The highest BCUT2D eigenvalue weighted by Crippen LogP contribution is 2.22. The standard InChI is InChI=1S/C16H17N3O3/c1-12-6-8-13(9-7-12)10-11-17-16(20)18-14-4-2-3-5-15(14)19(21)22/h2-9H,10-11H2,1H3,(H2,17,18,20). The van der Waals surface area contributed by atoms with E-state index in [1.807, 2.05) is 31.2 Å². The van der Waals surface area contributed by atoms with E-state index in [0.717, 1.165) is 5.56 Å². The van der Waals surface area contributed by atoms with Crippen LogP contribution in [0.15, 0.2) is 48.5 Å². The first-order valence-corrected chi connectivity index (χ1v) is 6.90. The number of hydrogen-bond donors (Lipinski definition) is 2. The van der Waals surface area contributed by atoms with Crippen molar-refractivity contribution in [3.05, 3.63) is 69.8 Å². The van der Waals surface area contributed by atoms with Crippen LogP contribution in [0, 0.1) is 17.0 Å². The van der Waals surface area contributed by atoms with E-state index in [1.54, 1.807) is 12.1 Å². The summed E-state index contributed by atoms with van der Waals surface area (Å²) in [5.41, 5.74) is 2.36. The number of nitrogens with one attached hydrogen (secondary N) is 2. The molecular formula is C16H17N3O3. The zero-order valence-corrected chi connectivity index (χ0v) is 12.2. The quantitative estimate of drug-likeness (QED) is 0.656. The summed E-state index contributed by atoms with van der Waals surface area (Å²) >= 11 is 0. The maximum absolute atomic E-state index is 11.8. The molecule has 0 bridgehead atoms. The fourth-order valence-electron chi connectivity index (χ4n) is 1.98. The number of nitro benzene ring substituents is 1. The number of aryl methyl sites for hydroxylation is 1. The van der Waals surface area contributed by atoms with Crippen molar-refractivity contribution in [2.24, 2.45) is 0 Å². The van der Waals surface area contributed by atoms with Gasteiger partial charge in [-0.05, 0) is 25.0 Å². The minimum atomic E-state index is -0.526. The first kappa shape index (κ1) is 15.5. The molecule has 0 aliphatic heterocycles. The fraction of sp³-hybridized carbons (Fsp3) is 0.188. The molecule has 0 radical (unpaired) electrons. The van der Waals surface area contributed by atoms with Crippen LogP contribution in [0.1, 0.15) is 11.1 Å². The Balaban J connectivity index is 1.86. The van der Waals surface area contributed by atoms with Crippen molar-refractivity contribution in [2.75, 3.05) is 11.9 Å². The van der Waals surface area contributed by atoms with E-state index in [2.05, 4.69) is 10.6 Å². The lowest BCUT2D eigenvalue weighted by atomic mass is 10.1. The van der Waals surface area contributed by atoms with Gasteiger partial charge >= 0.3 is 6.03 Å². The summed E-state index contributed by atoms with van der Waals surface area (Å²) in [6, 6.07) is 13.6. The van der Waals surface area contributed by atoms with Gasteiger partial charge in [-0.15, -0.1) is 0 Å². The molecule has 0 unspecified atom stereocenters. The molecule has 114 valence electrons. The van der Waals surface area contributed by atoms with E-state index >= 15 is 0 Å². The normalized spacial score (nSPS) is 10.0. The minimum absolute atomic E-state index is 0.129. The summed E-state index contributed by atoms with van der Waals surface area (Å²) < 4.78 is 0. The Kier molecular flexibility index (Phi) is 5.08. The Labute approximate surface area is 128 Å². The second-order valence-electron chi connectivity index (χ2n) is 4.89. The van der Waals surface area contributed by atoms with Gasteiger partial charge < -0.3 is 10.6 Å². The van der Waals surface area contributed by atoms with Crippen LogP contribution in [-0.4, -0.2) is 17.5 Å². The molecule has 2 amide bonds. The van der Waals surface area contributed by atoms with Gasteiger partial charge in [-0.2, -0.15) is 0 Å². The number of carbonyl (C=O) groups is 1. The number of benzene rings is 2. The van der Waals surface area contributed by atoms with Crippen molar-refractivity contribution in [3.8, 4) is 0 Å². The van der Waals surface area contributed by atoms with Crippen LogP contribution in [0.2, 0.25) is 0 Å². The summed E-state index contributed by atoms with van der Waals surface area (Å²) in [5, 5.41) is 16.0. The van der Waals surface area contributed by atoms with Crippen molar-refractivity contribution in [3.63, 3.8) is 0 Å². The van der Waals surface area contributed by atoms with Crippen molar-refractivity contribution in [1.29, 1.82) is 0 Å². The zero-order valence-electron chi connectivity index (χ0n) is 12.2. The second-order valence-corrected chi connectivity index (χ2v) is 4.89. The summed E-state index contributed by atoms with van der Waals surface area (Å²) in [4.78, 5) is 22.1. The van der Waals surface area contributed by atoms with Gasteiger partial charge in [0.2, 0.25) is 0 Å². The molecule has 6 nitrogen and oxygen atoms in total. The van der Waals surface area contributed by atoms with Gasteiger partial charge in [0.15, 0.2) is 0 Å². The number of nitro groups is 1. The molecule has 0 spiro atoms. The van der Waals surface area contributed by atoms with Crippen molar-refractivity contribution in [2.45, 2.75) is 13.3 Å². The van der Waals surface area contributed by atoms with Crippen molar-refractivity contribution < 1.29 is 9.72 Å². The lowest BCUT2D eigenvalue weighted by Gasteiger charge is -2.08. The molecule has 0 aliphatic carbocycles. The van der Waals surface area contributed by atoms with Crippen LogP contribution in [0.25, 0.3) is 0 Å². The number of urea groups is 1. The van der Waals surface area contributed by atoms with E-state index in [0.29, 0.717) is 13.0 Å². The molecule has 0 fully saturated rings. The average molecular weight is 299 g/mol. The Hall–Kier alpha value is -2.89. The third kappa shape index (κ3) is 4.31. The Bertz CT molecular complexity index is 669. The number of anilines is 1. The SMILES string of the molecule is Cc1ccc(CCNC(=O)Nc2ccccc2[N+](=O)[O-])cc1. The van der Waals surface area contributed by atoms with Gasteiger partial charge in [0.1, 0.15) is 5.69 Å². The molecule has 0 aromatic heterocycles. The monoisotopic (exact) mass is 299 g/mol. The minimum Gasteiger partial charge on any atom is -0.338 e. The number of para-hydroxylation sites is 2. The highest BCUT2D eigenvalue weighted by atomic mass is 16.6. The Morgan fingerprint density at radius 3 is 2.50 bits per heavy atom. The summed E-state index contributed by atoms with van der Waals surface area (Å²) in [7, 11) is 0. The maximum Gasteiger partial charge on any atom is 0.319 e. The predicted octanol–water partition coefficient (Wildman–Crippen LogP) is 3.27. The maximum atomic E-state index is 11.8. The van der Waals surface area contributed by atoms with Gasteiger partial charge in [0.05, 0.1) is 4.92 Å². The Morgan fingerprint density at radius 1 is 1.14 bits per heavy atom. The molecule has 0 saturated heterocycles. The van der Waals surface area contributed by atoms with Crippen LogP contribution in [-0.2, 0) is 6.42 Å². The summed E-state index contributed by atoms with van der Waals surface area (Å²) in [5.74, 6) is 0. The van der Waals surface area contributed by atoms with E-state index in [1.165, 1.54) is 17.7 Å². The van der Waals surface area contributed by atoms with Gasteiger partial charge in [-0.25, -0.2) is 4.79 Å². The third-order valence-electron chi connectivity index (χ3n) is 3.17. The van der Waals surface area contributed by atoms with Crippen LogP contribution in [0.4, 0.5) is 16.2 Å². The highest BCUT2D eigenvalue weighted by molar-refractivity contribution is 5.91. The molecule has 0 atom stereocenters. The molecule has 2 aromatic rings. The third-order valence-corrected chi connectivity index (χ3v) is 3.17. The fourth-order valence-corrected chi connectivity index (χ4v) is 1.98. The highest BCUT2D eigenvalue weighted by Gasteiger charge is 2.14. The van der Waals surface area contributed by atoms with E-state index in [-0.39, 0.29) is 11.4 Å². The topological polar surface area (TPSA) is 84.3 Å². The van der Waals surface area contributed by atoms with E-state index < -0.39 is 11.0 Å². The molecule has 0 aliphatic rings. The first-order valence-electron chi connectivity index (χ1n) is 6.90. The molecule has 2 rings (SSSR count). The first-order chi connectivity index (χ1) is 10.6. The summed E-state index contributed by atoms with van der Waals surface area (Å²) in [6.07, 6.45) is 0.699. The smallest absolute Gasteiger partial charge is 0.319 e. The molecule has 22 heavy (non-hydrogen) atoms. The number of carbonyl (C=O) groups excluding carboxylic acids is 1. The van der Waals surface area contributed by atoms with E-state index in [4.69, 9.17) is 0 Å². The van der Waals surface area contributed by atoms with Crippen LogP contribution in [0.5, 0.6) is 0 Å². The van der Waals surface area contributed by atoms with E-state index in [9.17, 15) is 14.9 Å². The number of nitrogens with zero attached hydrogens (tertiary/aromatic N) is 1. The number of amides is 2. The molecule has 2 aromatic carbocycles. The van der Waals surface area contributed by atoms with Crippen molar-refractivity contribution in [1.82, 2.24) is 5.32 Å². The Morgan fingerprint density at radius 2 is 1.82 bits per heavy atom. The number of rotatable bonds is 5. The zero-order chi connectivity index (χ0) is 15.9. The van der Waals surface area contributed by atoms with Crippen molar-refractivity contribution >= 4 is 17.4 Å². The average Bonchev–Trinajstić information content (AvgIpc) is 2.49. The molecule has 0 heterocycles. The summed E-state index contributed by atoms with van der Waals surface area (Å²) in [6.45, 7) is 2.47. The molecule has 0 saturated carbocycles. The van der Waals surface area contributed by atoms with Crippen LogP contribution < -0.4 is 10.6 Å². The molecular weight excluding hydrogens is 282 g/mol. The van der Waals surface area contributed by atoms with Crippen LogP contribution >= 0.6 is 0 Å². The molecule has 6 heteroatoms. The lowest BCUT2D eigenvalue weighted by Crippen LogP contribution is -2.30. The number of hydrogen-bond acceptors (Lipinski definition) is 3. The van der Waals surface area contributed by atoms with Gasteiger partial charge in [0, 0.05) is 12.6 Å². The van der Waals surface area contributed by atoms with Gasteiger partial charge in [-0.1, -0.05) is 42.0 Å².